The first-order valence-corrected chi connectivity index (χ1v) is 9.21. The third-order valence-electron chi connectivity index (χ3n) is 8.42. The van der Waals surface area contributed by atoms with Crippen molar-refractivity contribution in [2.75, 3.05) is 0 Å². The van der Waals surface area contributed by atoms with Gasteiger partial charge in [0.25, 0.3) is 0 Å². The summed E-state index contributed by atoms with van der Waals surface area (Å²) in [5.74, 6) is 3.85. The molecule has 4 saturated carbocycles. The molecule has 1 nitrogen and oxygen atoms in total. The van der Waals surface area contributed by atoms with Crippen LogP contribution in [0.5, 0.6) is 0 Å². The van der Waals surface area contributed by atoms with Crippen molar-refractivity contribution in [1.29, 1.82) is 0 Å². The molecule has 4 rings (SSSR count). The van der Waals surface area contributed by atoms with E-state index < -0.39 is 0 Å². The predicted molar refractivity (Wildman–Crippen MR) is 82.4 cm³/mol. The maximum atomic E-state index is 10.0. The van der Waals surface area contributed by atoms with Crippen LogP contribution in [0.1, 0.15) is 78.1 Å². The molecule has 0 aliphatic heterocycles. The van der Waals surface area contributed by atoms with E-state index in [0.29, 0.717) is 10.8 Å². The molecule has 0 spiro atoms. The van der Waals surface area contributed by atoms with E-state index in [-0.39, 0.29) is 6.10 Å². The van der Waals surface area contributed by atoms with E-state index in [4.69, 9.17) is 0 Å². The predicted octanol–water partition coefficient (Wildman–Crippen LogP) is 4.78. The maximum Gasteiger partial charge on any atom is 0.0543 e. The lowest BCUT2D eigenvalue weighted by molar-refractivity contribution is -0.120. The third-order valence-corrected chi connectivity index (χ3v) is 8.42. The van der Waals surface area contributed by atoms with Gasteiger partial charge in [0.15, 0.2) is 0 Å². The summed E-state index contributed by atoms with van der Waals surface area (Å²) in [4.78, 5) is 0. The van der Waals surface area contributed by atoms with E-state index in [1.54, 1.807) is 0 Å². The third kappa shape index (κ3) is 1.77. The fourth-order valence-electron chi connectivity index (χ4n) is 7.23. The number of fused-ring (bicyclic) bond motifs is 5. The van der Waals surface area contributed by atoms with E-state index in [2.05, 4.69) is 13.8 Å². The van der Waals surface area contributed by atoms with Crippen molar-refractivity contribution in [3.05, 3.63) is 0 Å². The molecule has 0 aromatic rings. The number of hydrogen-bond acceptors (Lipinski definition) is 1. The molecular weight excluding hydrogens is 244 g/mol. The van der Waals surface area contributed by atoms with Crippen LogP contribution in [-0.4, -0.2) is 11.2 Å². The molecule has 4 fully saturated rings. The van der Waals surface area contributed by atoms with Gasteiger partial charge in [0, 0.05) is 0 Å². The van der Waals surface area contributed by atoms with Gasteiger partial charge < -0.3 is 5.11 Å². The molecule has 0 bridgehead atoms. The highest BCUT2D eigenvalue weighted by Gasteiger charge is 2.57. The zero-order valence-electron chi connectivity index (χ0n) is 13.4. The summed E-state index contributed by atoms with van der Waals surface area (Å²) in [5, 5.41) is 10.0. The second-order valence-corrected chi connectivity index (χ2v) is 9.17. The Bertz CT molecular complexity index is 391. The first-order valence-electron chi connectivity index (χ1n) is 9.21. The summed E-state index contributed by atoms with van der Waals surface area (Å²) in [6, 6.07) is 0. The van der Waals surface area contributed by atoms with E-state index in [9.17, 15) is 5.11 Å². The van der Waals surface area contributed by atoms with Gasteiger partial charge in [-0.15, -0.1) is 0 Å². The molecule has 0 aromatic carbocycles. The lowest BCUT2D eigenvalue weighted by Gasteiger charge is -2.60. The number of aliphatic hydroxyl groups is 1. The highest BCUT2D eigenvalue weighted by atomic mass is 16.3. The first kappa shape index (κ1) is 13.6. The average molecular weight is 276 g/mol. The van der Waals surface area contributed by atoms with Crippen LogP contribution >= 0.6 is 0 Å². The molecule has 0 radical (unpaired) electrons. The van der Waals surface area contributed by atoms with Gasteiger partial charge in [-0.3, -0.25) is 0 Å². The SMILES string of the molecule is C[C@@]12CCCC1C1CCC3C[C@@H](O)CC[C@]3(C)C1CC2. The van der Waals surface area contributed by atoms with Gasteiger partial charge in [0.05, 0.1) is 6.10 Å². The Kier molecular flexibility index (Phi) is 3.05. The van der Waals surface area contributed by atoms with Crippen LogP contribution < -0.4 is 0 Å². The van der Waals surface area contributed by atoms with Crippen LogP contribution in [0.3, 0.4) is 0 Å². The zero-order valence-corrected chi connectivity index (χ0v) is 13.4. The van der Waals surface area contributed by atoms with Gasteiger partial charge in [-0.2, -0.15) is 0 Å². The van der Waals surface area contributed by atoms with Gasteiger partial charge in [-0.1, -0.05) is 20.3 Å². The Hall–Kier alpha value is -0.0400. The lowest BCUT2D eigenvalue weighted by atomic mass is 9.45. The Morgan fingerprint density at radius 1 is 0.850 bits per heavy atom. The summed E-state index contributed by atoms with van der Waals surface area (Å²) in [5.41, 5.74) is 1.25. The van der Waals surface area contributed by atoms with Gasteiger partial charge in [-0.05, 0) is 92.3 Å². The van der Waals surface area contributed by atoms with E-state index in [0.717, 1.165) is 36.5 Å². The normalized spacial score (nSPS) is 58.6. The van der Waals surface area contributed by atoms with Crippen LogP contribution in [0.2, 0.25) is 0 Å². The Morgan fingerprint density at radius 2 is 1.70 bits per heavy atom. The second-order valence-electron chi connectivity index (χ2n) is 9.17. The molecule has 0 amide bonds. The molecule has 4 aliphatic rings. The van der Waals surface area contributed by atoms with Crippen molar-refractivity contribution >= 4 is 0 Å². The Morgan fingerprint density at radius 3 is 2.55 bits per heavy atom. The summed E-state index contributed by atoms with van der Waals surface area (Å²) < 4.78 is 0. The molecule has 4 unspecified atom stereocenters. The molecule has 0 aromatic heterocycles. The quantitative estimate of drug-likeness (QED) is 0.675. The molecule has 4 aliphatic carbocycles. The Labute approximate surface area is 124 Å². The van der Waals surface area contributed by atoms with Gasteiger partial charge in [-0.25, -0.2) is 0 Å². The number of rotatable bonds is 0. The van der Waals surface area contributed by atoms with Crippen molar-refractivity contribution in [3.8, 4) is 0 Å². The van der Waals surface area contributed by atoms with E-state index >= 15 is 0 Å². The van der Waals surface area contributed by atoms with Crippen LogP contribution in [0, 0.1) is 34.5 Å². The van der Waals surface area contributed by atoms with E-state index in [1.165, 1.54) is 51.4 Å². The molecular formula is C19H32O. The summed E-state index contributed by atoms with van der Waals surface area (Å²) in [6.45, 7) is 5.19. The van der Waals surface area contributed by atoms with Gasteiger partial charge in [0.2, 0.25) is 0 Å². The average Bonchev–Trinajstić information content (AvgIpc) is 2.81. The summed E-state index contributed by atoms with van der Waals surface area (Å²) >= 11 is 0. The van der Waals surface area contributed by atoms with Crippen molar-refractivity contribution in [3.63, 3.8) is 0 Å². The lowest BCUT2D eigenvalue weighted by Crippen LogP contribution is -2.53. The maximum absolute atomic E-state index is 10.0. The molecule has 1 heteroatoms. The van der Waals surface area contributed by atoms with Crippen LogP contribution in [0.15, 0.2) is 0 Å². The highest BCUT2D eigenvalue weighted by molar-refractivity contribution is 5.07. The van der Waals surface area contributed by atoms with Crippen LogP contribution in [-0.2, 0) is 0 Å². The fraction of sp³-hybridized carbons (Fsp3) is 1.00. The van der Waals surface area contributed by atoms with Crippen molar-refractivity contribution < 1.29 is 5.11 Å². The largest absolute Gasteiger partial charge is 0.393 e. The minimum atomic E-state index is 0.00459. The first-order chi connectivity index (χ1) is 9.53. The monoisotopic (exact) mass is 276 g/mol. The minimum absolute atomic E-state index is 0.00459. The number of hydrogen-bond donors (Lipinski definition) is 1. The minimum Gasteiger partial charge on any atom is -0.393 e. The summed E-state index contributed by atoms with van der Waals surface area (Å²) in [7, 11) is 0. The van der Waals surface area contributed by atoms with Crippen molar-refractivity contribution in [1.82, 2.24) is 0 Å². The molecule has 1 N–H and O–H groups in total. The van der Waals surface area contributed by atoms with Gasteiger partial charge >= 0.3 is 0 Å². The fourth-order valence-corrected chi connectivity index (χ4v) is 7.23. The van der Waals surface area contributed by atoms with E-state index in [1.807, 2.05) is 0 Å². The molecule has 20 heavy (non-hydrogen) atoms. The van der Waals surface area contributed by atoms with Crippen LogP contribution in [0.4, 0.5) is 0 Å². The molecule has 0 saturated heterocycles. The standard InChI is InChI=1S/C19H32O/c1-18-9-3-4-16(18)15-6-5-13-12-14(20)7-11-19(13,2)17(15)8-10-18/h13-17,20H,3-12H2,1-2H3/t13?,14-,15?,16?,17?,18-,19-/m0/s1. The van der Waals surface area contributed by atoms with Crippen molar-refractivity contribution in [2.24, 2.45) is 34.5 Å². The highest BCUT2D eigenvalue weighted by Crippen LogP contribution is 2.66. The topological polar surface area (TPSA) is 20.2 Å². The summed E-state index contributed by atoms with van der Waals surface area (Å²) in [6.07, 6.45) is 13.8. The van der Waals surface area contributed by atoms with Crippen LogP contribution in [0.25, 0.3) is 0 Å². The zero-order chi connectivity index (χ0) is 14.0. The van der Waals surface area contributed by atoms with Crippen molar-refractivity contribution in [2.45, 2.75) is 84.2 Å². The molecule has 7 atom stereocenters. The Balaban J connectivity index is 1.62. The smallest absolute Gasteiger partial charge is 0.0543 e. The molecule has 0 heterocycles. The molecule has 114 valence electrons. The second kappa shape index (κ2) is 4.48. The number of aliphatic hydroxyl groups excluding tert-OH is 1. The van der Waals surface area contributed by atoms with Gasteiger partial charge in [0.1, 0.15) is 0 Å².